The molecule has 0 aromatic heterocycles. The van der Waals surface area contributed by atoms with Crippen LogP contribution in [0, 0.1) is 0 Å². The number of carbonyl (C=O) groups excluding carboxylic acids is 3. The molecule has 2 aromatic carbocycles. The van der Waals surface area contributed by atoms with E-state index in [0.29, 0.717) is 26.1 Å². The molecule has 3 rings (SSSR count). The molecule has 0 bridgehead atoms. The Morgan fingerprint density at radius 1 is 1.23 bits per heavy atom. The predicted molar refractivity (Wildman–Crippen MR) is 140 cm³/mol. The summed E-state index contributed by atoms with van der Waals surface area (Å²) in [5.41, 5.74) is 6.74. The predicted octanol–water partition coefficient (Wildman–Crippen LogP) is 2.00. The van der Waals surface area contributed by atoms with Crippen molar-refractivity contribution >= 4 is 40.3 Å². The van der Waals surface area contributed by atoms with Gasteiger partial charge in [-0.25, -0.2) is 4.79 Å². The molecule has 2 amide bonds. The first-order valence-corrected chi connectivity index (χ1v) is 13.4. The number of hydrogen-bond donors (Lipinski definition) is 2. The Balaban J connectivity index is 1.79. The highest BCUT2D eigenvalue weighted by Gasteiger charge is 2.30. The van der Waals surface area contributed by atoms with Gasteiger partial charge in [-0.2, -0.15) is 11.8 Å². The van der Waals surface area contributed by atoms with Crippen molar-refractivity contribution in [2.24, 2.45) is 5.73 Å². The van der Waals surface area contributed by atoms with Gasteiger partial charge in [0.15, 0.2) is 0 Å². The van der Waals surface area contributed by atoms with E-state index in [1.807, 2.05) is 29.4 Å². The van der Waals surface area contributed by atoms with Crippen molar-refractivity contribution in [1.29, 1.82) is 0 Å². The van der Waals surface area contributed by atoms with Gasteiger partial charge < -0.3 is 20.7 Å². The minimum atomic E-state index is -0.679. The van der Waals surface area contributed by atoms with Crippen LogP contribution in [-0.4, -0.2) is 85.0 Å². The summed E-state index contributed by atoms with van der Waals surface area (Å²) in [7, 11) is 1.33. The Kier molecular flexibility index (Phi) is 10.4. The minimum absolute atomic E-state index is 0.00159. The van der Waals surface area contributed by atoms with Crippen LogP contribution in [0.25, 0.3) is 10.8 Å². The number of carbonyl (C=O) groups is 3. The third-order valence-electron chi connectivity index (χ3n) is 6.41. The van der Waals surface area contributed by atoms with Crippen molar-refractivity contribution in [1.82, 2.24) is 15.1 Å². The molecule has 190 valence electrons. The van der Waals surface area contributed by atoms with E-state index in [9.17, 15) is 14.4 Å². The third kappa shape index (κ3) is 7.43. The Labute approximate surface area is 211 Å². The summed E-state index contributed by atoms with van der Waals surface area (Å²) in [6.45, 7) is 1.88. The molecular formula is C26H36N4O4S. The van der Waals surface area contributed by atoms with Crippen LogP contribution >= 0.6 is 11.8 Å². The maximum Gasteiger partial charge on any atom is 0.328 e. The smallest absolute Gasteiger partial charge is 0.328 e. The second-order valence-electron chi connectivity index (χ2n) is 8.82. The van der Waals surface area contributed by atoms with Gasteiger partial charge >= 0.3 is 5.97 Å². The van der Waals surface area contributed by atoms with Crippen molar-refractivity contribution in [3.05, 3.63) is 48.0 Å². The van der Waals surface area contributed by atoms with Crippen LogP contribution in [0.5, 0.6) is 0 Å². The largest absolute Gasteiger partial charge is 0.467 e. The third-order valence-corrected chi connectivity index (χ3v) is 7.06. The van der Waals surface area contributed by atoms with Crippen LogP contribution in [0.1, 0.15) is 24.8 Å². The molecule has 1 aliphatic rings. The van der Waals surface area contributed by atoms with E-state index in [0.717, 1.165) is 34.9 Å². The lowest BCUT2D eigenvalue weighted by molar-refractivity contribution is -0.145. The van der Waals surface area contributed by atoms with E-state index in [1.54, 1.807) is 11.8 Å². The summed E-state index contributed by atoms with van der Waals surface area (Å²) in [5, 5.41) is 5.13. The molecular weight excluding hydrogens is 464 g/mol. The molecule has 1 aliphatic heterocycles. The number of fused-ring (bicyclic) bond motifs is 1. The van der Waals surface area contributed by atoms with Crippen LogP contribution < -0.4 is 11.1 Å². The zero-order chi connectivity index (χ0) is 25.2. The molecule has 2 aromatic rings. The molecule has 0 aliphatic carbocycles. The molecule has 0 radical (unpaired) electrons. The summed E-state index contributed by atoms with van der Waals surface area (Å²) in [6, 6.07) is 13.7. The van der Waals surface area contributed by atoms with Gasteiger partial charge in [-0.05, 0) is 47.6 Å². The lowest BCUT2D eigenvalue weighted by Gasteiger charge is -2.31. The minimum Gasteiger partial charge on any atom is -0.467 e. The Morgan fingerprint density at radius 3 is 2.74 bits per heavy atom. The molecule has 3 N–H and O–H groups in total. The molecule has 1 heterocycles. The fourth-order valence-electron chi connectivity index (χ4n) is 4.70. The summed E-state index contributed by atoms with van der Waals surface area (Å²) in [6.07, 6.45) is 4.25. The van der Waals surface area contributed by atoms with Gasteiger partial charge in [-0.1, -0.05) is 42.5 Å². The molecule has 2 atom stereocenters. The summed E-state index contributed by atoms with van der Waals surface area (Å²) < 4.78 is 4.89. The molecule has 1 saturated heterocycles. The van der Waals surface area contributed by atoms with Crippen LogP contribution in [0.15, 0.2) is 42.5 Å². The first-order chi connectivity index (χ1) is 17.0. The van der Waals surface area contributed by atoms with Crippen LogP contribution in [-0.2, 0) is 25.7 Å². The SMILES string of the molecule is COC(=O)C(CCSC)NC(=O)CN(Cc1cccc2ccccc12)C[C@@H]1CCCN1C(=O)CN. The van der Waals surface area contributed by atoms with Crippen molar-refractivity contribution in [3.8, 4) is 0 Å². The van der Waals surface area contributed by atoms with Gasteiger partial charge in [-0.3, -0.25) is 14.5 Å². The lowest BCUT2D eigenvalue weighted by atomic mass is 10.0. The fraction of sp³-hybridized carbons (Fsp3) is 0.500. The Bertz CT molecular complexity index is 1010. The van der Waals surface area contributed by atoms with E-state index in [1.165, 1.54) is 7.11 Å². The molecule has 1 fully saturated rings. The number of amides is 2. The average molecular weight is 501 g/mol. The number of rotatable bonds is 12. The highest BCUT2D eigenvalue weighted by molar-refractivity contribution is 7.98. The summed E-state index contributed by atoms with van der Waals surface area (Å²) in [4.78, 5) is 41.5. The first kappa shape index (κ1) is 27.0. The monoisotopic (exact) mass is 500 g/mol. The van der Waals surface area contributed by atoms with Crippen molar-refractivity contribution in [2.45, 2.75) is 37.9 Å². The van der Waals surface area contributed by atoms with Gasteiger partial charge in [0.25, 0.3) is 0 Å². The van der Waals surface area contributed by atoms with Crippen LogP contribution in [0.3, 0.4) is 0 Å². The van der Waals surface area contributed by atoms with Crippen molar-refractivity contribution in [3.63, 3.8) is 0 Å². The van der Waals surface area contributed by atoms with Crippen LogP contribution in [0.2, 0.25) is 0 Å². The van der Waals surface area contributed by atoms with Crippen molar-refractivity contribution in [2.75, 3.05) is 45.3 Å². The second-order valence-corrected chi connectivity index (χ2v) is 9.81. The molecule has 8 nitrogen and oxygen atoms in total. The number of nitrogens with zero attached hydrogens (tertiary/aromatic N) is 2. The van der Waals surface area contributed by atoms with Gasteiger partial charge in [0.1, 0.15) is 6.04 Å². The van der Waals surface area contributed by atoms with Gasteiger partial charge in [0.2, 0.25) is 11.8 Å². The number of hydrogen-bond acceptors (Lipinski definition) is 7. The number of methoxy groups -OCH3 is 1. The van der Waals surface area contributed by atoms with E-state index in [2.05, 4.69) is 34.5 Å². The van der Waals surface area contributed by atoms with E-state index in [-0.39, 0.29) is 30.9 Å². The van der Waals surface area contributed by atoms with Gasteiger partial charge in [0.05, 0.1) is 20.2 Å². The number of benzene rings is 2. The normalized spacial score (nSPS) is 16.5. The van der Waals surface area contributed by atoms with Gasteiger partial charge in [-0.15, -0.1) is 0 Å². The van der Waals surface area contributed by atoms with E-state index in [4.69, 9.17) is 10.5 Å². The molecule has 0 spiro atoms. The van der Waals surface area contributed by atoms with E-state index < -0.39 is 12.0 Å². The number of ether oxygens (including phenoxy) is 1. The average Bonchev–Trinajstić information content (AvgIpc) is 3.33. The zero-order valence-electron chi connectivity index (χ0n) is 20.6. The Hall–Kier alpha value is -2.62. The van der Waals surface area contributed by atoms with Crippen LogP contribution in [0.4, 0.5) is 0 Å². The lowest BCUT2D eigenvalue weighted by Crippen LogP contribution is -2.49. The number of nitrogens with two attached hydrogens (primary N) is 1. The standard InChI is InChI=1S/C26H36N4O4S/c1-34-26(33)23(12-14-35-2)28-24(31)18-29(17-21-10-6-13-30(21)25(32)15-27)16-20-9-5-8-19-7-3-4-11-22(19)20/h3-5,7-9,11,21,23H,6,10,12-18,27H2,1-2H3,(H,28,31)/t21-,23?/m0/s1. The Morgan fingerprint density at radius 2 is 2.00 bits per heavy atom. The molecule has 9 heteroatoms. The maximum atomic E-state index is 13.1. The maximum absolute atomic E-state index is 13.1. The molecule has 35 heavy (non-hydrogen) atoms. The highest BCUT2D eigenvalue weighted by atomic mass is 32.2. The summed E-state index contributed by atoms with van der Waals surface area (Å²) in [5.74, 6) is -0.0114. The van der Waals surface area contributed by atoms with E-state index >= 15 is 0 Å². The zero-order valence-corrected chi connectivity index (χ0v) is 21.4. The van der Waals surface area contributed by atoms with Gasteiger partial charge in [0, 0.05) is 25.7 Å². The molecule has 0 saturated carbocycles. The number of esters is 1. The molecule has 1 unspecified atom stereocenters. The number of thioether (sulfide) groups is 1. The van der Waals surface area contributed by atoms with Crippen molar-refractivity contribution < 1.29 is 19.1 Å². The summed E-state index contributed by atoms with van der Waals surface area (Å²) >= 11 is 1.61. The number of likely N-dealkylation sites (tertiary alicyclic amines) is 1. The topological polar surface area (TPSA) is 105 Å². The number of nitrogens with one attached hydrogen (secondary N) is 1. The second kappa shape index (κ2) is 13.5. The fourth-order valence-corrected chi connectivity index (χ4v) is 5.17. The first-order valence-electron chi connectivity index (χ1n) is 12.0. The highest BCUT2D eigenvalue weighted by Crippen LogP contribution is 2.23. The quantitative estimate of drug-likeness (QED) is 0.430.